The number of carboxylic acids is 1. The van der Waals surface area contributed by atoms with Gasteiger partial charge in [0.25, 0.3) is 0 Å². The lowest BCUT2D eigenvalue weighted by atomic mass is 9.75. The predicted molar refractivity (Wildman–Crippen MR) is 79.7 cm³/mol. The molecule has 3 N–H and O–H groups in total. The van der Waals surface area contributed by atoms with E-state index in [1.807, 2.05) is 31.2 Å². The van der Waals surface area contributed by atoms with E-state index in [9.17, 15) is 14.3 Å². The molecule has 0 amide bonds. The third kappa shape index (κ3) is 2.95. The second kappa shape index (κ2) is 6.06. The second-order valence-electron chi connectivity index (χ2n) is 5.20. The van der Waals surface area contributed by atoms with Gasteiger partial charge in [-0.2, -0.15) is 0 Å². The molecule has 0 aromatic heterocycles. The van der Waals surface area contributed by atoms with Crippen LogP contribution in [-0.2, 0) is 16.6 Å². The second-order valence-corrected chi connectivity index (χ2v) is 5.20. The standard InChI is InChI=1S/C17H18FNO2/c1-12-5-2-3-6-13(12)10-17(11-19,16(20)21)14-7-4-8-15(18)9-14/h2-9H,10-11,19H2,1H3,(H,20,21). The highest BCUT2D eigenvalue weighted by atomic mass is 19.1. The number of rotatable bonds is 5. The summed E-state index contributed by atoms with van der Waals surface area (Å²) >= 11 is 0. The number of carboxylic acid groups (broad SMARTS) is 1. The summed E-state index contributed by atoms with van der Waals surface area (Å²) in [6, 6.07) is 13.2. The van der Waals surface area contributed by atoms with Crippen LogP contribution >= 0.6 is 0 Å². The Labute approximate surface area is 123 Å². The van der Waals surface area contributed by atoms with Crippen LogP contribution in [0.1, 0.15) is 16.7 Å². The Morgan fingerprint density at radius 3 is 2.52 bits per heavy atom. The van der Waals surface area contributed by atoms with Crippen LogP contribution in [0.3, 0.4) is 0 Å². The normalized spacial score (nSPS) is 13.7. The van der Waals surface area contributed by atoms with E-state index in [0.29, 0.717) is 5.56 Å². The van der Waals surface area contributed by atoms with Crippen molar-refractivity contribution in [3.8, 4) is 0 Å². The fraction of sp³-hybridized carbons (Fsp3) is 0.235. The summed E-state index contributed by atoms with van der Waals surface area (Å²) in [4.78, 5) is 11.9. The van der Waals surface area contributed by atoms with Crippen molar-refractivity contribution in [1.29, 1.82) is 0 Å². The largest absolute Gasteiger partial charge is 0.481 e. The molecule has 0 spiro atoms. The van der Waals surface area contributed by atoms with Gasteiger partial charge in [-0.25, -0.2) is 4.39 Å². The Hall–Kier alpha value is -2.20. The molecule has 1 atom stereocenters. The number of aliphatic carboxylic acids is 1. The Kier molecular flexibility index (Phi) is 4.38. The SMILES string of the molecule is Cc1ccccc1CC(CN)(C(=O)O)c1cccc(F)c1. The summed E-state index contributed by atoms with van der Waals surface area (Å²) in [5.74, 6) is -1.50. The zero-order chi connectivity index (χ0) is 15.5. The van der Waals surface area contributed by atoms with E-state index in [4.69, 9.17) is 5.73 Å². The van der Waals surface area contributed by atoms with Gasteiger partial charge in [-0.05, 0) is 42.2 Å². The van der Waals surface area contributed by atoms with E-state index >= 15 is 0 Å². The highest BCUT2D eigenvalue weighted by molar-refractivity contribution is 5.82. The maximum atomic E-state index is 13.5. The molecule has 0 fully saturated rings. The molecule has 0 radical (unpaired) electrons. The fourth-order valence-corrected chi connectivity index (χ4v) is 2.50. The first kappa shape index (κ1) is 15.2. The molecule has 0 aliphatic heterocycles. The van der Waals surface area contributed by atoms with Crippen molar-refractivity contribution >= 4 is 5.97 Å². The number of carbonyl (C=O) groups is 1. The van der Waals surface area contributed by atoms with Crippen molar-refractivity contribution in [2.24, 2.45) is 5.73 Å². The predicted octanol–water partition coefficient (Wildman–Crippen LogP) is 2.66. The Morgan fingerprint density at radius 2 is 1.95 bits per heavy atom. The average molecular weight is 287 g/mol. The van der Waals surface area contributed by atoms with E-state index in [-0.39, 0.29) is 13.0 Å². The first-order chi connectivity index (χ1) is 9.99. The molecule has 0 saturated carbocycles. The molecular formula is C17H18FNO2. The summed E-state index contributed by atoms with van der Waals surface area (Å²) in [6.07, 6.45) is 0.231. The topological polar surface area (TPSA) is 63.3 Å². The minimum absolute atomic E-state index is 0.0971. The quantitative estimate of drug-likeness (QED) is 0.888. The molecule has 0 heterocycles. The van der Waals surface area contributed by atoms with Gasteiger partial charge in [0.2, 0.25) is 0 Å². The van der Waals surface area contributed by atoms with Gasteiger partial charge in [0.15, 0.2) is 0 Å². The smallest absolute Gasteiger partial charge is 0.315 e. The Bertz CT molecular complexity index is 657. The van der Waals surface area contributed by atoms with Gasteiger partial charge in [-0.3, -0.25) is 4.79 Å². The van der Waals surface area contributed by atoms with E-state index in [0.717, 1.165) is 11.1 Å². The van der Waals surface area contributed by atoms with Crippen LogP contribution in [0.15, 0.2) is 48.5 Å². The van der Waals surface area contributed by atoms with Gasteiger partial charge in [0, 0.05) is 6.54 Å². The first-order valence-electron chi connectivity index (χ1n) is 6.73. The van der Waals surface area contributed by atoms with Gasteiger partial charge >= 0.3 is 5.97 Å². The minimum atomic E-state index is -1.33. The van der Waals surface area contributed by atoms with Crippen molar-refractivity contribution in [1.82, 2.24) is 0 Å². The minimum Gasteiger partial charge on any atom is -0.481 e. The van der Waals surface area contributed by atoms with Crippen LogP contribution in [0.5, 0.6) is 0 Å². The number of hydrogen-bond acceptors (Lipinski definition) is 2. The van der Waals surface area contributed by atoms with Gasteiger partial charge < -0.3 is 10.8 Å². The molecule has 0 aliphatic rings. The Morgan fingerprint density at radius 1 is 1.24 bits per heavy atom. The summed E-state index contributed by atoms with van der Waals surface area (Å²) in [6.45, 7) is 1.82. The molecule has 21 heavy (non-hydrogen) atoms. The molecule has 0 saturated heterocycles. The van der Waals surface area contributed by atoms with Gasteiger partial charge in [-0.1, -0.05) is 36.4 Å². The summed E-state index contributed by atoms with van der Waals surface area (Å²) < 4.78 is 13.5. The van der Waals surface area contributed by atoms with Crippen LogP contribution in [-0.4, -0.2) is 17.6 Å². The van der Waals surface area contributed by atoms with E-state index < -0.39 is 17.2 Å². The van der Waals surface area contributed by atoms with Crippen LogP contribution in [0.4, 0.5) is 4.39 Å². The van der Waals surface area contributed by atoms with Crippen molar-refractivity contribution in [2.75, 3.05) is 6.54 Å². The molecule has 1 unspecified atom stereocenters. The summed E-state index contributed by atoms with van der Waals surface area (Å²) in [7, 11) is 0. The van der Waals surface area contributed by atoms with Crippen LogP contribution < -0.4 is 5.73 Å². The Balaban J connectivity index is 2.53. The molecule has 3 nitrogen and oxygen atoms in total. The number of benzene rings is 2. The molecule has 4 heteroatoms. The number of hydrogen-bond donors (Lipinski definition) is 2. The molecule has 0 aliphatic carbocycles. The summed E-state index contributed by atoms with van der Waals surface area (Å²) in [5.41, 5.74) is 6.74. The monoisotopic (exact) mass is 287 g/mol. The van der Waals surface area contributed by atoms with E-state index in [2.05, 4.69) is 0 Å². The molecule has 2 aromatic carbocycles. The zero-order valence-electron chi connectivity index (χ0n) is 11.8. The molecule has 110 valence electrons. The summed E-state index contributed by atoms with van der Waals surface area (Å²) in [5, 5.41) is 9.72. The van der Waals surface area contributed by atoms with Crippen LogP contribution in [0.2, 0.25) is 0 Å². The van der Waals surface area contributed by atoms with E-state index in [1.165, 1.54) is 18.2 Å². The van der Waals surface area contributed by atoms with Crippen molar-refractivity contribution < 1.29 is 14.3 Å². The lowest BCUT2D eigenvalue weighted by Crippen LogP contribution is -2.45. The number of aryl methyl sites for hydroxylation is 1. The number of halogens is 1. The van der Waals surface area contributed by atoms with E-state index in [1.54, 1.807) is 6.07 Å². The zero-order valence-corrected chi connectivity index (χ0v) is 11.8. The molecular weight excluding hydrogens is 269 g/mol. The molecule has 2 rings (SSSR count). The molecule has 2 aromatic rings. The highest BCUT2D eigenvalue weighted by Crippen LogP contribution is 2.30. The van der Waals surface area contributed by atoms with Crippen molar-refractivity contribution in [3.63, 3.8) is 0 Å². The number of nitrogens with two attached hydrogens (primary N) is 1. The fourth-order valence-electron chi connectivity index (χ4n) is 2.50. The van der Waals surface area contributed by atoms with Crippen molar-refractivity contribution in [3.05, 3.63) is 71.0 Å². The maximum Gasteiger partial charge on any atom is 0.315 e. The maximum absolute atomic E-state index is 13.5. The van der Waals surface area contributed by atoms with Gasteiger partial charge in [-0.15, -0.1) is 0 Å². The highest BCUT2D eigenvalue weighted by Gasteiger charge is 2.39. The van der Waals surface area contributed by atoms with Gasteiger partial charge in [0.1, 0.15) is 11.2 Å². The van der Waals surface area contributed by atoms with Crippen LogP contribution in [0.25, 0.3) is 0 Å². The van der Waals surface area contributed by atoms with Gasteiger partial charge in [0.05, 0.1) is 0 Å². The first-order valence-corrected chi connectivity index (χ1v) is 6.73. The third-order valence-electron chi connectivity index (χ3n) is 3.89. The lowest BCUT2D eigenvalue weighted by Gasteiger charge is -2.29. The lowest BCUT2D eigenvalue weighted by molar-refractivity contribution is -0.143. The van der Waals surface area contributed by atoms with Crippen molar-refractivity contribution in [2.45, 2.75) is 18.8 Å². The average Bonchev–Trinajstić information content (AvgIpc) is 2.46. The molecule has 0 bridgehead atoms. The third-order valence-corrected chi connectivity index (χ3v) is 3.89. The van der Waals surface area contributed by atoms with Crippen LogP contribution in [0, 0.1) is 12.7 Å².